The molecule has 1 aliphatic carbocycles. The molecule has 5 nitrogen and oxygen atoms in total. The third kappa shape index (κ3) is 3.61. The Morgan fingerprint density at radius 2 is 1.90 bits per heavy atom. The lowest BCUT2D eigenvalue weighted by Gasteiger charge is -2.28. The number of rotatable bonds is 4. The van der Waals surface area contributed by atoms with Crippen LogP contribution >= 0.6 is 0 Å². The van der Waals surface area contributed by atoms with Crippen molar-refractivity contribution in [3.05, 3.63) is 29.8 Å². The van der Waals surface area contributed by atoms with E-state index in [0.717, 1.165) is 50.4 Å². The van der Waals surface area contributed by atoms with Crippen LogP contribution < -0.4 is 10.3 Å². The van der Waals surface area contributed by atoms with Gasteiger partial charge in [0.2, 0.25) is 5.91 Å². The normalized spacial score (nSPS) is 19.5. The molecule has 1 saturated heterocycles. The Morgan fingerprint density at radius 1 is 1.24 bits per heavy atom. The molecule has 0 unspecified atom stereocenters. The van der Waals surface area contributed by atoms with E-state index < -0.39 is 0 Å². The average molecular weight is 287 g/mol. The number of nitrogens with one attached hydrogen (secondary N) is 1. The molecule has 5 heteroatoms. The third-order valence-corrected chi connectivity index (χ3v) is 3.94. The summed E-state index contributed by atoms with van der Waals surface area (Å²) < 4.78 is 5.36. The van der Waals surface area contributed by atoms with E-state index in [0.29, 0.717) is 0 Å². The van der Waals surface area contributed by atoms with Crippen molar-refractivity contribution in [2.24, 2.45) is 11.0 Å². The molecule has 0 bridgehead atoms. The first-order chi connectivity index (χ1) is 10.2. The van der Waals surface area contributed by atoms with Crippen molar-refractivity contribution in [1.82, 2.24) is 5.43 Å². The zero-order chi connectivity index (χ0) is 14.7. The van der Waals surface area contributed by atoms with E-state index in [9.17, 15) is 4.79 Å². The molecule has 1 aliphatic heterocycles. The van der Waals surface area contributed by atoms with E-state index in [1.54, 1.807) is 0 Å². The summed E-state index contributed by atoms with van der Waals surface area (Å²) in [5.41, 5.74) is 5.71. The summed E-state index contributed by atoms with van der Waals surface area (Å²) in [7, 11) is 0. The quantitative estimate of drug-likeness (QED) is 0.678. The lowest BCUT2D eigenvalue weighted by molar-refractivity contribution is -0.122. The SMILES string of the molecule is C/C(=N/NC(=O)C1CC1)c1ccc(N2CCOCC2)cc1. The number of anilines is 1. The molecule has 112 valence electrons. The zero-order valence-electron chi connectivity index (χ0n) is 12.3. The molecular weight excluding hydrogens is 266 g/mol. The maximum atomic E-state index is 11.6. The molecule has 1 aromatic rings. The molecule has 1 saturated carbocycles. The highest BCUT2D eigenvalue weighted by atomic mass is 16.5. The van der Waals surface area contributed by atoms with Gasteiger partial charge in [0.05, 0.1) is 18.9 Å². The van der Waals surface area contributed by atoms with Crippen LogP contribution in [0.4, 0.5) is 5.69 Å². The summed E-state index contributed by atoms with van der Waals surface area (Å²) in [6.45, 7) is 5.36. The molecule has 0 atom stereocenters. The van der Waals surface area contributed by atoms with Crippen molar-refractivity contribution in [2.45, 2.75) is 19.8 Å². The van der Waals surface area contributed by atoms with Gasteiger partial charge in [-0.25, -0.2) is 5.43 Å². The van der Waals surface area contributed by atoms with E-state index >= 15 is 0 Å². The molecule has 21 heavy (non-hydrogen) atoms. The minimum atomic E-state index is 0.0410. The topological polar surface area (TPSA) is 53.9 Å². The number of hydrazone groups is 1. The van der Waals surface area contributed by atoms with E-state index in [1.807, 2.05) is 19.1 Å². The summed E-state index contributed by atoms with van der Waals surface area (Å²) in [6, 6.07) is 8.30. The molecule has 0 aromatic heterocycles. The van der Waals surface area contributed by atoms with E-state index in [-0.39, 0.29) is 11.8 Å². The number of amides is 1. The molecule has 0 spiro atoms. The molecular formula is C16H21N3O2. The number of carbonyl (C=O) groups is 1. The Morgan fingerprint density at radius 3 is 2.52 bits per heavy atom. The molecule has 1 amide bonds. The summed E-state index contributed by atoms with van der Waals surface area (Å²) in [6.07, 6.45) is 1.99. The summed E-state index contributed by atoms with van der Waals surface area (Å²) >= 11 is 0. The van der Waals surface area contributed by atoms with Crippen molar-refractivity contribution in [3.63, 3.8) is 0 Å². The lowest BCUT2D eigenvalue weighted by atomic mass is 10.1. The van der Waals surface area contributed by atoms with Gasteiger partial charge in [0, 0.05) is 24.7 Å². The molecule has 2 aliphatic rings. The van der Waals surface area contributed by atoms with Crippen LogP contribution in [0, 0.1) is 5.92 Å². The zero-order valence-corrected chi connectivity index (χ0v) is 12.3. The highest BCUT2D eigenvalue weighted by molar-refractivity contribution is 5.99. The van der Waals surface area contributed by atoms with Crippen LogP contribution in [-0.2, 0) is 9.53 Å². The first kappa shape index (κ1) is 14.1. The number of carbonyl (C=O) groups excluding carboxylic acids is 1. The van der Waals surface area contributed by atoms with Crippen LogP contribution in [0.25, 0.3) is 0 Å². The Balaban J connectivity index is 1.62. The summed E-state index contributed by atoms with van der Waals surface area (Å²) in [5.74, 6) is 0.226. The van der Waals surface area contributed by atoms with Gasteiger partial charge in [-0.05, 0) is 37.5 Å². The van der Waals surface area contributed by atoms with E-state index in [4.69, 9.17) is 4.74 Å². The van der Waals surface area contributed by atoms with Crippen LogP contribution in [0.1, 0.15) is 25.3 Å². The minimum absolute atomic E-state index is 0.0410. The number of benzene rings is 1. The van der Waals surface area contributed by atoms with Gasteiger partial charge < -0.3 is 9.64 Å². The van der Waals surface area contributed by atoms with Gasteiger partial charge in [0.25, 0.3) is 0 Å². The van der Waals surface area contributed by atoms with Gasteiger partial charge >= 0.3 is 0 Å². The number of nitrogens with zero attached hydrogens (tertiary/aromatic N) is 2. The number of morpholine rings is 1. The predicted octanol–water partition coefficient (Wildman–Crippen LogP) is 1.77. The highest BCUT2D eigenvalue weighted by Crippen LogP contribution is 2.28. The second-order valence-corrected chi connectivity index (χ2v) is 5.59. The van der Waals surface area contributed by atoms with Crippen LogP contribution in [0.15, 0.2) is 29.4 Å². The molecule has 1 heterocycles. The number of ether oxygens (including phenoxy) is 1. The second-order valence-electron chi connectivity index (χ2n) is 5.59. The monoisotopic (exact) mass is 287 g/mol. The Labute approximate surface area is 125 Å². The fourth-order valence-corrected chi connectivity index (χ4v) is 2.38. The largest absolute Gasteiger partial charge is 0.378 e. The van der Waals surface area contributed by atoms with Crippen LogP contribution in [0.2, 0.25) is 0 Å². The van der Waals surface area contributed by atoms with Gasteiger partial charge in [-0.15, -0.1) is 0 Å². The first-order valence-corrected chi connectivity index (χ1v) is 7.51. The molecule has 0 radical (unpaired) electrons. The molecule has 2 fully saturated rings. The van der Waals surface area contributed by atoms with Crippen molar-refractivity contribution in [1.29, 1.82) is 0 Å². The lowest BCUT2D eigenvalue weighted by Crippen LogP contribution is -2.36. The maximum Gasteiger partial charge on any atom is 0.243 e. The number of hydrogen-bond donors (Lipinski definition) is 1. The maximum absolute atomic E-state index is 11.6. The van der Waals surface area contributed by atoms with Crippen molar-refractivity contribution < 1.29 is 9.53 Å². The van der Waals surface area contributed by atoms with Gasteiger partial charge in [0.1, 0.15) is 0 Å². The fraction of sp³-hybridized carbons (Fsp3) is 0.500. The van der Waals surface area contributed by atoms with Crippen LogP contribution in [0.3, 0.4) is 0 Å². The van der Waals surface area contributed by atoms with Gasteiger partial charge in [-0.2, -0.15) is 5.10 Å². The number of hydrogen-bond acceptors (Lipinski definition) is 4. The third-order valence-electron chi connectivity index (χ3n) is 3.94. The van der Waals surface area contributed by atoms with Gasteiger partial charge in [-0.3, -0.25) is 4.79 Å². The summed E-state index contributed by atoms with van der Waals surface area (Å²) in [5, 5.41) is 4.18. The van der Waals surface area contributed by atoms with Crippen molar-refractivity contribution in [3.8, 4) is 0 Å². The van der Waals surface area contributed by atoms with Crippen molar-refractivity contribution in [2.75, 3.05) is 31.2 Å². The van der Waals surface area contributed by atoms with Crippen molar-refractivity contribution >= 4 is 17.3 Å². The minimum Gasteiger partial charge on any atom is -0.378 e. The second kappa shape index (κ2) is 6.26. The Bertz CT molecular complexity index is 529. The standard InChI is InChI=1S/C16H21N3O2/c1-12(17-18-16(20)14-2-3-14)13-4-6-15(7-5-13)19-8-10-21-11-9-19/h4-7,14H,2-3,8-11H2,1H3,(H,18,20)/b17-12-. The molecule has 3 rings (SSSR count). The van der Waals surface area contributed by atoms with Gasteiger partial charge in [-0.1, -0.05) is 12.1 Å². The predicted molar refractivity (Wildman–Crippen MR) is 82.6 cm³/mol. The Hall–Kier alpha value is -1.88. The summed E-state index contributed by atoms with van der Waals surface area (Å²) in [4.78, 5) is 13.9. The fourth-order valence-electron chi connectivity index (χ4n) is 2.38. The molecule has 1 aromatic carbocycles. The molecule has 1 N–H and O–H groups in total. The average Bonchev–Trinajstić information content (AvgIpc) is 3.38. The Kier molecular flexibility index (Phi) is 4.20. The smallest absolute Gasteiger partial charge is 0.243 e. The highest BCUT2D eigenvalue weighted by Gasteiger charge is 2.29. The van der Waals surface area contributed by atoms with Crippen LogP contribution in [-0.4, -0.2) is 37.9 Å². The van der Waals surface area contributed by atoms with Crippen LogP contribution in [0.5, 0.6) is 0 Å². The van der Waals surface area contributed by atoms with Gasteiger partial charge in [0.15, 0.2) is 0 Å². The van der Waals surface area contributed by atoms with E-state index in [1.165, 1.54) is 5.69 Å². The van der Waals surface area contributed by atoms with E-state index in [2.05, 4.69) is 27.6 Å². The first-order valence-electron chi connectivity index (χ1n) is 7.51.